The van der Waals surface area contributed by atoms with E-state index in [0.29, 0.717) is 17.7 Å². The van der Waals surface area contributed by atoms with Gasteiger partial charge in [0.05, 0.1) is 0 Å². The number of piperidine rings is 1. The Hall–Kier alpha value is -0.570. The molecule has 1 N–H and O–H groups in total. The van der Waals surface area contributed by atoms with Gasteiger partial charge in [0.25, 0.3) is 0 Å². The van der Waals surface area contributed by atoms with Crippen molar-refractivity contribution in [2.45, 2.75) is 46.5 Å². The van der Waals surface area contributed by atoms with E-state index < -0.39 is 0 Å². The molecule has 0 spiro atoms. The average molecular weight is 240 g/mol. The van der Waals surface area contributed by atoms with Gasteiger partial charge in [-0.2, -0.15) is 0 Å². The molecule has 1 rings (SSSR count). The molecule has 0 aromatic heterocycles. The largest absolute Gasteiger partial charge is 0.343 e. The first-order chi connectivity index (χ1) is 8.17. The summed E-state index contributed by atoms with van der Waals surface area (Å²) in [4.78, 5) is 14.2. The number of rotatable bonds is 6. The topological polar surface area (TPSA) is 32.3 Å². The second kappa shape index (κ2) is 7.70. The lowest BCUT2D eigenvalue weighted by atomic mass is 9.95. The zero-order chi connectivity index (χ0) is 12.7. The first-order valence-corrected chi connectivity index (χ1v) is 7.15. The summed E-state index contributed by atoms with van der Waals surface area (Å²) in [7, 11) is 0. The van der Waals surface area contributed by atoms with Gasteiger partial charge in [-0.3, -0.25) is 4.79 Å². The van der Waals surface area contributed by atoms with Crippen molar-refractivity contribution in [2.24, 2.45) is 11.8 Å². The summed E-state index contributed by atoms with van der Waals surface area (Å²) < 4.78 is 0. The summed E-state index contributed by atoms with van der Waals surface area (Å²) in [5.41, 5.74) is 0. The maximum absolute atomic E-state index is 12.2. The van der Waals surface area contributed by atoms with Crippen LogP contribution in [0.15, 0.2) is 0 Å². The third-order valence-corrected chi connectivity index (χ3v) is 3.83. The third-order valence-electron chi connectivity index (χ3n) is 3.83. The first-order valence-electron chi connectivity index (χ1n) is 7.15. The summed E-state index contributed by atoms with van der Waals surface area (Å²) in [6.45, 7) is 10.4. The maximum Gasteiger partial charge on any atom is 0.222 e. The molecule has 1 saturated heterocycles. The predicted molar refractivity (Wildman–Crippen MR) is 71.9 cm³/mol. The zero-order valence-electron chi connectivity index (χ0n) is 11.7. The highest BCUT2D eigenvalue weighted by molar-refractivity contribution is 5.76. The van der Waals surface area contributed by atoms with Crippen LogP contribution in [-0.4, -0.2) is 37.0 Å². The molecule has 1 fully saturated rings. The highest BCUT2D eigenvalue weighted by Gasteiger charge is 2.20. The van der Waals surface area contributed by atoms with Gasteiger partial charge in [-0.25, -0.2) is 0 Å². The van der Waals surface area contributed by atoms with Crippen LogP contribution in [0.4, 0.5) is 0 Å². The molecule has 0 aromatic carbocycles. The lowest BCUT2D eigenvalue weighted by Crippen LogP contribution is -2.38. The molecule has 2 unspecified atom stereocenters. The van der Waals surface area contributed by atoms with Crippen molar-refractivity contribution in [3.05, 3.63) is 0 Å². The Bertz CT molecular complexity index is 224. The maximum atomic E-state index is 12.2. The van der Waals surface area contributed by atoms with Crippen molar-refractivity contribution in [1.82, 2.24) is 10.2 Å². The molecule has 0 bridgehead atoms. The van der Waals surface area contributed by atoms with Crippen LogP contribution in [0.25, 0.3) is 0 Å². The molecule has 1 heterocycles. The fourth-order valence-electron chi connectivity index (χ4n) is 2.39. The smallest absolute Gasteiger partial charge is 0.222 e. The van der Waals surface area contributed by atoms with Crippen LogP contribution in [0.5, 0.6) is 0 Å². The number of carbonyl (C=O) groups excluding carboxylic acids is 1. The molecule has 1 aliphatic rings. The number of amides is 1. The Morgan fingerprint density at radius 2 is 2.24 bits per heavy atom. The summed E-state index contributed by atoms with van der Waals surface area (Å²) in [5.74, 6) is 1.52. The number of nitrogens with zero attached hydrogens (tertiary/aromatic N) is 1. The van der Waals surface area contributed by atoms with Crippen molar-refractivity contribution in [3.8, 4) is 0 Å². The van der Waals surface area contributed by atoms with E-state index in [1.807, 2.05) is 4.90 Å². The average Bonchev–Trinajstić information content (AvgIpc) is 2.36. The van der Waals surface area contributed by atoms with Crippen molar-refractivity contribution in [2.75, 3.05) is 26.2 Å². The SMILES string of the molecule is CCC(C)CN(CC)C(=O)CC1CCCNC1. The van der Waals surface area contributed by atoms with E-state index in [4.69, 9.17) is 0 Å². The van der Waals surface area contributed by atoms with E-state index in [1.54, 1.807) is 0 Å². The minimum Gasteiger partial charge on any atom is -0.343 e. The van der Waals surface area contributed by atoms with E-state index in [-0.39, 0.29) is 0 Å². The molecule has 0 aliphatic carbocycles. The van der Waals surface area contributed by atoms with E-state index in [9.17, 15) is 4.79 Å². The number of hydrogen-bond donors (Lipinski definition) is 1. The van der Waals surface area contributed by atoms with Crippen LogP contribution in [0, 0.1) is 11.8 Å². The van der Waals surface area contributed by atoms with Gasteiger partial charge in [0.2, 0.25) is 5.91 Å². The monoisotopic (exact) mass is 240 g/mol. The second-order valence-corrected chi connectivity index (χ2v) is 5.36. The molecule has 2 atom stereocenters. The van der Waals surface area contributed by atoms with Crippen molar-refractivity contribution in [1.29, 1.82) is 0 Å². The van der Waals surface area contributed by atoms with E-state index in [0.717, 1.165) is 39.0 Å². The predicted octanol–water partition coefficient (Wildman–Crippen LogP) is 2.27. The van der Waals surface area contributed by atoms with Crippen LogP contribution >= 0.6 is 0 Å². The lowest BCUT2D eigenvalue weighted by molar-refractivity contribution is -0.132. The van der Waals surface area contributed by atoms with Gasteiger partial charge in [-0.15, -0.1) is 0 Å². The minimum absolute atomic E-state index is 0.349. The Kier molecular flexibility index (Phi) is 6.56. The summed E-state index contributed by atoms with van der Waals surface area (Å²) in [6.07, 6.45) is 4.31. The van der Waals surface area contributed by atoms with E-state index in [1.165, 1.54) is 12.8 Å². The minimum atomic E-state index is 0.349. The van der Waals surface area contributed by atoms with Crippen molar-refractivity contribution >= 4 is 5.91 Å². The Labute approximate surface area is 106 Å². The summed E-state index contributed by atoms with van der Waals surface area (Å²) >= 11 is 0. The van der Waals surface area contributed by atoms with Crippen LogP contribution in [0.2, 0.25) is 0 Å². The van der Waals surface area contributed by atoms with Gasteiger partial charge < -0.3 is 10.2 Å². The van der Waals surface area contributed by atoms with Crippen LogP contribution < -0.4 is 5.32 Å². The number of carbonyl (C=O) groups is 1. The van der Waals surface area contributed by atoms with Crippen LogP contribution in [0.1, 0.15) is 46.5 Å². The second-order valence-electron chi connectivity index (χ2n) is 5.36. The molecule has 100 valence electrons. The Balaban J connectivity index is 2.36. The number of nitrogens with one attached hydrogen (secondary N) is 1. The molecule has 1 amide bonds. The van der Waals surface area contributed by atoms with Gasteiger partial charge in [-0.1, -0.05) is 20.3 Å². The molecule has 0 saturated carbocycles. The molecule has 0 aromatic rings. The molecule has 17 heavy (non-hydrogen) atoms. The molecular weight excluding hydrogens is 212 g/mol. The normalized spacial score (nSPS) is 22.2. The van der Waals surface area contributed by atoms with Gasteiger partial charge >= 0.3 is 0 Å². The Morgan fingerprint density at radius 3 is 2.76 bits per heavy atom. The standard InChI is InChI=1S/C14H28N2O/c1-4-12(3)11-16(5-2)14(17)9-13-7-6-8-15-10-13/h12-13,15H,4-11H2,1-3H3. The number of hydrogen-bond acceptors (Lipinski definition) is 2. The molecule has 3 nitrogen and oxygen atoms in total. The van der Waals surface area contributed by atoms with Gasteiger partial charge in [-0.05, 0) is 44.7 Å². The van der Waals surface area contributed by atoms with Crippen molar-refractivity contribution in [3.63, 3.8) is 0 Å². The molecule has 3 heteroatoms. The molecular formula is C14H28N2O. The van der Waals surface area contributed by atoms with Gasteiger partial charge in [0, 0.05) is 19.5 Å². The van der Waals surface area contributed by atoms with Crippen LogP contribution in [0.3, 0.4) is 0 Å². The molecule has 1 aliphatic heterocycles. The van der Waals surface area contributed by atoms with E-state index in [2.05, 4.69) is 26.1 Å². The zero-order valence-corrected chi connectivity index (χ0v) is 11.7. The fraction of sp³-hybridized carbons (Fsp3) is 0.929. The third kappa shape index (κ3) is 5.07. The fourth-order valence-corrected chi connectivity index (χ4v) is 2.39. The quantitative estimate of drug-likeness (QED) is 0.772. The van der Waals surface area contributed by atoms with E-state index >= 15 is 0 Å². The lowest BCUT2D eigenvalue weighted by Gasteiger charge is -2.28. The first kappa shape index (κ1) is 14.5. The Morgan fingerprint density at radius 1 is 1.47 bits per heavy atom. The summed E-state index contributed by atoms with van der Waals surface area (Å²) in [6, 6.07) is 0. The van der Waals surface area contributed by atoms with Gasteiger partial charge in [0.15, 0.2) is 0 Å². The summed E-state index contributed by atoms with van der Waals surface area (Å²) in [5, 5.41) is 3.38. The molecule has 0 radical (unpaired) electrons. The van der Waals surface area contributed by atoms with Gasteiger partial charge in [0.1, 0.15) is 0 Å². The highest BCUT2D eigenvalue weighted by Crippen LogP contribution is 2.16. The van der Waals surface area contributed by atoms with Crippen LogP contribution in [-0.2, 0) is 4.79 Å². The highest BCUT2D eigenvalue weighted by atomic mass is 16.2. The van der Waals surface area contributed by atoms with Crippen molar-refractivity contribution < 1.29 is 4.79 Å².